The van der Waals surface area contributed by atoms with Crippen LogP contribution in [-0.2, 0) is 22.2 Å². The van der Waals surface area contributed by atoms with Crippen LogP contribution in [0.2, 0.25) is 0 Å². The zero-order valence-electron chi connectivity index (χ0n) is 18.3. The molecule has 0 bridgehead atoms. The van der Waals surface area contributed by atoms with Gasteiger partial charge in [-0.05, 0) is 54.3 Å². The fourth-order valence-corrected chi connectivity index (χ4v) is 4.30. The van der Waals surface area contributed by atoms with Gasteiger partial charge in [-0.2, -0.15) is 13.2 Å². The molecular weight excluding hydrogens is 446 g/mol. The first-order chi connectivity index (χ1) is 16.2. The Morgan fingerprint density at radius 1 is 0.941 bits per heavy atom. The van der Waals surface area contributed by atoms with Crippen LogP contribution in [-0.4, -0.2) is 18.2 Å². The van der Waals surface area contributed by atoms with E-state index in [0.29, 0.717) is 35.3 Å². The quantitative estimate of drug-likeness (QED) is 0.389. The van der Waals surface area contributed by atoms with Crippen LogP contribution in [0.5, 0.6) is 0 Å². The summed E-state index contributed by atoms with van der Waals surface area (Å²) in [5, 5.41) is 0. The molecule has 1 fully saturated rings. The summed E-state index contributed by atoms with van der Waals surface area (Å²) in [5.74, 6) is -1.13. The van der Waals surface area contributed by atoms with Crippen molar-refractivity contribution in [1.82, 2.24) is 0 Å². The van der Waals surface area contributed by atoms with Crippen LogP contribution < -0.4 is 4.90 Å². The topological polar surface area (TPSA) is 37.4 Å². The molecule has 4 rings (SSSR count). The minimum Gasteiger partial charge on any atom is -0.312 e. The number of halogens is 4. The maximum absolute atomic E-state index is 14.0. The van der Waals surface area contributed by atoms with Gasteiger partial charge in [0.1, 0.15) is 11.6 Å². The predicted octanol–water partition coefficient (Wildman–Crippen LogP) is 6.46. The Bertz CT molecular complexity index is 1170. The molecule has 3 nitrogen and oxygen atoms in total. The molecule has 1 atom stereocenters. The SMILES string of the molecule is O=C(Cc1ccc(C(F)(F)F)cc1)C[C@H]1CCCN(c2ccc(-c3ccccc3F)cc2)C1=O. The Hall–Kier alpha value is -3.48. The summed E-state index contributed by atoms with van der Waals surface area (Å²) >= 11 is 0. The largest absolute Gasteiger partial charge is 0.416 e. The third-order valence-electron chi connectivity index (χ3n) is 6.07. The van der Waals surface area contributed by atoms with E-state index >= 15 is 0 Å². The maximum atomic E-state index is 14.0. The highest BCUT2D eigenvalue weighted by molar-refractivity contribution is 5.98. The van der Waals surface area contributed by atoms with Crippen molar-refractivity contribution in [2.75, 3.05) is 11.4 Å². The van der Waals surface area contributed by atoms with Gasteiger partial charge in [-0.1, -0.05) is 42.5 Å². The van der Waals surface area contributed by atoms with E-state index in [0.717, 1.165) is 18.6 Å². The van der Waals surface area contributed by atoms with Gasteiger partial charge in [0.15, 0.2) is 0 Å². The molecule has 3 aromatic carbocycles. The second-order valence-corrected chi connectivity index (χ2v) is 8.47. The zero-order valence-corrected chi connectivity index (χ0v) is 18.3. The molecular formula is C27H23F4NO2. The Morgan fingerprint density at radius 3 is 2.26 bits per heavy atom. The molecule has 1 aliphatic heterocycles. The first-order valence-electron chi connectivity index (χ1n) is 11.1. The number of hydrogen-bond donors (Lipinski definition) is 0. The van der Waals surface area contributed by atoms with E-state index in [4.69, 9.17) is 0 Å². The minimum absolute atomic E-state index is 0.0146. The van der Waals surface area contributed by atoms with Gasteiger partial charge >= 0.3 is 6.18 Å². The van der Waals surface area contributed by atoms with Gasteiger partial charge in [0.25, 0.3) is 0 Å². The molecule has 176 valence electrons. The number of ketones is 1. The number of hydrogen-bond acceptors (Lipinski definition) is 2. The van der Waals surface area contributed by atoms with Crippen LogP contribution in [0.4, 0.5) is 23.2 Å². The molecule has 0 spiro atoms. The maximum Gasteiger partial charge on any atom is 0.416 e. The first kappa shape index (κ1) is 23.7. The first-order valence-corrected chi connectivity index (χ1v) is 11.1. The lowest BCUT2D eigenvalue weighted by Crippen LogP contribution is -2.42. The number of nitrogens with zero attached hydrogens (tertiary/aromatic N) is 1. The second kappa shape index (κ2) is 9.79. The smallest absolute Gasteiger partial charge is 0.312 e. The van der Waals surface area contributed by atoms with Crippen molar-refractivity contribution in [2.45, 2.75) is 31.9 Å². The van der Waals surface area contributed by atoms with Crippen LogP contribution in [0.15, 0.2) is 72.8 Å². The monoisotopic (exact) mass is 469 g/mol. The third-order valence-corrected chi connectivity index (χ3v) is 6.07. The molecule has 1 aliphatic rings. The fourth-order valence-electron chi connectivity index (χ4n) is 4.30. The molecule has 3 aromatic rings. The summed E-state index contributed by atoms with van der Waals surface area (Å²) < 4.78 is 52.2. The Morgan fingerprint density at radius 2 is 1.62 bits per heavy atom. The van der Waals surface area contributed by atoms with E-state index in [1.165, 1.54) is 18.2 Å². The Balaban J connectivity index is 1.40. The molecule has 0 radical (unpaired) electrons. The number of rotatable bonds is 6. The van der Waals surface area contributed by atoms with Crippen molar-refractivity contribution in [3.63, 3.8) is 0 Å². The average Bonchev–Trinajstić information content (AvgIpc) is 2.81. The predicted molar refractivity (Wildman–Crippen MR) is 122 cm³/mol. The highest BCUT2D eigenvalue weighted by Crippen LogP contribution is 2.31. The van der Waals surface area contributed by atoms with Crippen LogP contribution >= 0.6 is 0 Å². The molecule has 0 aliphatic carbocycles. The molecule has 0 N–H and O–H groups in total. The van der Waals surface area contributed by atoms with Crippen LogP contribution in [0.3, 0.4) is 0 Å². The van der Waals surface area contributed by atoms with E-state index in [1.54, 1.807) is 47.4 Å². The van der Waals surface area contributed by atoms with Crippen molar-refractivity contribution in [2.24, 2.45) is 5.92 Å². The number of amides is 1. The van der Waals surface area contributed by atoms with Crippen LogP contribution in [0.1, 0.15) is 30.4 Å². The number of benzene rings is 3. The number of Topliss-reactive ketones (excluding diaryl/α,β-unsaturated/α-hetero) is 1. The lowest BCUT2D eigenvalue weighted by molar-refractivity contribution is -0.137. The normalized spacial score (nSPS) is 16.5. The van der Waals surface area contributed by atoms with E-state index in [1.807, 2.05) is 0 Å². The summed E-state index contributed by atoms with van der Waals surface area (Å²) in [5.41, 5.74) is 1.59. The molecule has 1 heterocycles. The number of carbonyl (C=O) groups excluding carboxylic acids is 2. The fraction of sp³-hybridized carbons (Fsp3) is 0.259. The van der Waals surface area contributed by atoms with Crippen LogP contribution in [0, 0.1) is 11.7 Å². The van der Waals surface area contributed by atoms with E-state index in [-0.39, 0.29) is 30.3 Å². The molecule has 0 aromatic heterocycles. The summed E-state index contributed by atoms with van der Waals surface area (Å²) in [4.78, 5) is 27.3. The molecule has 0 unspecified atom stereocenters. The summed E-state index contributed by atoms with van der Waals surface area (Å²) in [6.07, 6.45) is -3.07. The molecule has 1 saturated heterocycles. The van der Waals surface area contributed by atoms with Crippen molar-refractivity contribution in [3.8, 4) is 11.1 Å². The average molecular weight is 469 g/mol. The van der Waals surface area contributed by atoms with Gasteiger partial charge in [-0.25, -0.2) is 4.39 Å². The van der Waals surface area contributed by atoms with Crippen molar-refractivity contribution >= 4 is 17.4 Å². The minimum atomic E-state index is -4.42. The highest BCUT2D eigenvalue weighted by atomic mass is 19.4. The lowest BCUT2D eigenvalue weighted by atomic mass is 9.90. The Labute approximate surface area is 195 Å². The van der Waals surface area contributed by atoms with Gasteiger partial charge in [-0.15, -0.1) is 0 Å². The summed E-state index contributed by atoms with van der Waals surface area (Å²) in [6, 6.07) is 18.0. The number of anilines is 1. The molecule has 34 heavy (non-hydrogen) atoms. The summed E-state index contributed by atoms with van der Waals surface area (Å²) in [6.45, 7) is 0.529. The number of piperidine rings is 1. The molecule has 7 heteroatoms. The van der Waals surface area contributed by atoms with Gasteiger partial charge in [0.05, 0.1) is 5.56 Å². The van der Waals surface area contributed by atoms with E-state index in [9.17, 15) is 27.2 Å². The van der Waals surface area contributed by atoms with Crippen LogP contribution in [0.25, 0.3) is 11.1 Å². The summed E-state index contributed by atoms with van der Waals surface area (Å²) in [7, 11) is 0. The van der Waals surface area contributed by atoms with Crippen molar-refractivity contribution in [3.05, 3.63) is 89.7 Å². The second-order valence-electron chi connectivity index (χ2n) is 8.47. The standard InChI is InChI=1S/C27H23F4NO2/c28-25-6-2-1-5-24(25)19-9-13-22(14-10-19)32-15-3-4-20(26(32)34)17-23(33)16-18-7-11-21(12-8-18)27(29,30)31/h1-2,5-14,20H,3-4,15-17H2/t20-/m1/s1. The van der Waals surface area contributed by atoms with Gasteiger partial charge < -0.3 is 4.90 Å². The van der Waals surface area contributed by atoms with Gasteiger partial charge in [0.2, 0.25) is 5.91 Å². The van der Waals surface area contributed by atoms with E-state index < -0.39 is 17.7 Å². The van der Waals surface area contributed by atoms with E-state index in [2.05, 4.69) is 0 Å². The number of alkyl halides is 3. The molecule has 0 saturated carbocycles. The highest BCUT2D eigenvalue weighted by Gasteiger charge is 2.32. The number of carbonyl (C=O) groups is 2. The van der Waals surface area contributed by atoms with Gasteiger partial charge in [-0.3, -0.25) is 9.59 Å². The third kappa shape index (κ3) is 5.35. The lowest BCUT2D eigenvalue weighted by Gasteiger charge is -2.32. The van der Waals surface area contributed by atoms with Crippen molar-refractivity contribution in [1.29, 1.82) is 0 Å². The molecule has 1 amide bonds. The Kier molecular flexibility index (Phi) is 6.82. The van der Waals surface area contributed by atoms with Gasteiger partial charge in [0, 0.05) is 36.6 Å². The zero-order chi connectivity index (χ0) is 24.3. The van der Waals surface area contributed by atoms with Crippen molar-refractivity contribution < 1.29 is 27.2 Å².